The highest BCUT2D eigenvalue weighted by molar-refractivity contribution is 6.33. The molecule has 5 heteroatoms. The molecule has 0 spiro atoms. The SMILES string of the molecule is Nc1cccc(CCC(=O)Nc2c(F)cccc2Cl)c1. The highest BCUT2D eigenvalue weighted by Crippen LogP contribution is 2.24. The fourth-order valence-corrected chi connectivity index (χ4v) is 2.04. The van der Waals surface area contributed by atoms with Gasteiger partial charge in [-0.2, -0.15) is 0 Å². The maximum atomic E-state index is 13.5. The number of anilines is 2. The third kappa shape index (κ3) is 3.71. The van der Waals surface area contributed by atoms with Gasteiger partial charge in [0.1, 0.15) is 5.82 Å². The van der Waals surface area contributed by atoms with E-state index in [2.05, 4.69) is 5.32 Å². The van der Waals surface area contributed by atoms with E-state index in [1.807, 2.05) is 18.2 Å². The van der Waals surface area contributed by atoms with Gasteiger partial charge in [0, 0.05) is 12.1 Å². The first kappa shape index (κ1) is 14.3. The Morgan fingerprint density at radius 2 is 2.00 bits per heavy atom. The van der Waals surface area contributed by atoms with Crippen molar-refractivity contribution in [1.29, 1.82) is 0 Å². The number of benzene rings is 2. The molecule has 0 aromatic heterocycles. The Morgan fingerprint density at radius 3 is 2.70 bits per heavy atom. The number of carbonyl (C=O) groups is 1. The van der Waals surface area contributed by atoms with Crippen LogP contribution in [-0.4, -0.2) is 5.91 Å². The third-order valence-corrected chi connectivity index (χ3v) is 3.13. The zero-order valence-electron chi connectivity index (χ0n) is 10.7. The van der Waals surface area contributed by atoms with Gasteiger partial charge in [-0.15, -0.1) is 0 Å². The van der Waals surface area contributed by atoms with Gasteiger partial charge in [0.05, 0.1) is 10.7 Å². The molecule has 20 heavy (non-hydrogen) atoms. The number of aryl methyl sites for hydroxylation is 1. The second-order valence-corrected chi connectivity index (χ2v) is 4.80. The van der Waals surface area contributed by atoms with Crippen molar-refractivity contribution in [3.05, 3.63) is 58.9 Å². The first-order valence-electron chi connectivity index (χ1n) is 6.14. The van der Waals surface area contributed by atoms with E-state index >= 15 is 0 Å². The quantitative estimate of drug-likeness (QED) is 0.846. The van der Waals surface area contributed by atoms with Gasteiger partial charge in [-0.3, -0.25) is 4.79 Å². The monoisotopic (exact) mass is 292 g/mol. The minimum absolute atomic E-state index is 0.0201. The van der Waals surface area contributed by atoms with Crippen molar-refractivity contribution in [3.8, 4) is 0 Å². The minimum Gasteiger partial charge on any atom is -0.399 e. The molecule has 3 nitrogen and oxygen atoms in total. The largest absolute Gasteiger partial charge is 0.399 e. The van der Waals surface area contributed by atoms with Crippen molar-refractivity contribution in [2.75, 3.05) is 11.1 Å². The zero-order chi connectivity index (χ0) is 14.5. The third-order valence-electron chi connectivity index (χ3n) is 2.82. The molecule has 0 aliphatic heterocycles. The number of para-hydroxylation sites is 1. The number of nitrogen functional groups attached to an aromatic ring is 1. The van der Waals surface area contributed by atoms with Gasteiger partial charge in [0.25, 0.3) is 0 Å². The zero-order valence-corrected chi connectivity index (χ0v) is 11.5. The molecule has 104 valence electrons. The lowest BCUT2D eigenvalue weighted by Crippen LogP contribution is -2.13. The highest BCUT2D eigenvalue weighted by atomic mass is 35.5. The second-order valence-electron chi connectivity index (χ2n) is 4.39. The van der Waals surface area contributed by atoms with E-state index in [1.54, 1.807) is 6.07 Å². The average Bonchev–Trinajstić information content (AvgIpc) is 2.41. The van der Waals surface area contributed by atoms with Crippen LogP contribution in [0.15, 0.2) is 42.5 Å². The number of halogens is 2. The molecule has 0 aliphatic carbocycles. The van der Waals surface area contributed by atoms with Crippen LogP contribution in [0.25, 0.3) is 0 Å². The molecule has 3 N–H and O–H groups in total. The van der Waals surface area contributed by atoms with E-state index in [1.165, 1.54) is 18.2 Å². The summed E-state index contributed by atoms with van der Waals surface area (Å²) in [6.07, 6.45) is 0.761. The molecular weight excluding hydrogens is 279 g/mol. The topological polar surface area (TPSA) is 55.1 Å². The van der Waals surface area contributed by atoms with Gasteiger partial charge >= 0.3 is 0 Å². The Balaban J connectivity index is 1.96. The molecule has 2 aromatic rings. The molecule has 2 aromatic carbocycles. The van der Waals surface area contributed by atoms with Crippen LogP contribution in [-0.2, 0) is 11.2 Å². The van der Waals surface area contributed by atoms with E-state index in [0.29, 0.717) is 12.1 Å². The molecule has 0 aliphatic rings. The lowest BCUT2D eigenvalue weighted by atomic mass is 10.1. The number of hydrogen-bond donors (Lipinski definition) is 2. The Kier molecular flexibility index (Phi) is 4.58. The van der Waals surface area contributed by atoms with Gasteiger partial charge in [-0.1, -0.05) is 29.8 Å². The summed E-state index contributed by atoms with van der Waals surface area (Å²) in [4.78, 5) is 11.8. The Hall–Kier alpha value is -2.07. The number of amides is 1. The van der Waals surface area contributed by atoms with Crippen LogP contribution < -0.4 is 11.1 Å². The number of nitrogens with one attached hydrogen (secondary N) is 1. The Bertz CT molecular complexity index is 611. The smallest absolute Gasteiger partial charge is 0.224 e. The Morgan fingerprint density at radius 1 is 1.25 bits per heavy atom. The Labute approximate surface area is 121 Å². The van der Waals surface area contributed by atoms with Crippen molar-refractivity contribution in [2.45, 2.75) is 12.8 Å². The summed E-state index contributed by atoms with van der Waals surface area (Å²) in [5.41, 5.74) is 7.29. The fraction of sp³-hybridized carbons (Fsp3) is 0.133. The maximum absolute atomic E-state index is 13.5. The molecule has 0 radical (unpaired) electrons. The highest BCUT2D eigenvalue weighted by Gasteiger charge is 2.10. The second kappa shape index (κ2) is 6.39. The van der Waals surface area contributed by atoms with Crippen LogP contribution in [0.4, 0.5) is 15.8 Å². The summed E-state index contributed by atoms with van der Waals surface area (Å²) in [5.74, 6) is -0.839. The lowest BCUT2D eigenvalue weighted by Gasteiger charge is -2.08. The molecule has 0 bridgehead atoms. The summed E-state index contributed by atoms with van der Waals surface area (Å²) < 4.78 is 13.5. The molecule has 2 rings (SSSR count). The molecule has 0 saturated heterocycles. The number of hydrogen-bond acceptors (Lipinski definition) is 2. The number of rotatable bonds is 4. The maximum Gasteiger partial charge on any atom is 0.224 e. The molecule has 0 saturated carbocycles. The van der Waals surface area contributed by atoms with Crippen molar-refractivity contribution < 1.29 is 9.18 Å². The summed E-state index contributed by atoms with van der Waals surface area (Å²) >= 11 is 5.84. The standard InChI is InChI=1S/C15H14ClFN2O/c16-12-5-2-6-13(17)15(12)19-14(20)8-7-10-3-1-4-11(18)9-10/h1-6,9H,7-8,18H2,(H,19,20). The predicted octanol–water partition coefficient (Wildman–Crippen LogP) is 3.63. The van der Waals surface area contributed by atoms with Crippen LogP contribution in [0.3, 0.4) is 0 Å². The van der Waals surface area contributed by atoms with Gasteiger partial charge in [-0.25, -0.2) is 4.39 Å². The van der Waals surface area contributed by atoms with E-state index < -0.39 is 5.82 Å². The minimum atomic E-state index is -0.546. The van der Waals surface area contributed by atoms with Crippen molar-refractivity contribution in [1.82, 2.24) is 0 Å². The average molecular weight is 293 g/mol. The molecule has 1 amide bonds. The van der Waals surface area contributed by atoms with Crippen molar-refractivity contribution in [3.63, 3.8) is 0 Å². The van der Waals surface area contributed by atoms with Crippen molar-refractivity contribution in [2.24, 2.45) is 0 Å². The van der Waals surface area contributed by atoms with E-state index in [0.717, 1.165) is 5.56 Å². The summed E-state index contributed by atoms with van der Waals surface area (Å²) in [7, 11) is 0. The predicted molar refractivity (Wildman–Crippen MR) is 79.2 cm³/mol. The van der Waals surface area contributed by atoms with Crippen LogP contribution in [0, 0.1) is 5.82 Å². The molecule has 0 heterocycles. The molecule has 0 fully saturated rings. The first-order chi connectivity index (χ1) is 9.56. The van der Waals surface area contributed by atoms with E-state index in [4.69, 9.17) is 17.3 Å². The van der Waals surface area contributed by atoms with Crippen LogP contribution in [0.2, 0.25) is 5.02 Å². The van der Waals surface area contributed by atoms with Gasteiger partial charge < -0.3 is 11.1 Å². The van der Waals surface area contributed by atoms with Crippen molar-refractivity contribution >= 4 is 28.9 Å². The summed E-state index contributed by atoms with van der Waals surface area (Å²) in [6, 6.07) is 11.6. The summed E-state index contributed by atoms with van der Waals surface area (Å²) in [6.45, 7) is 0. The fourth-order valence-electron chi connectivity index (χ4n) is 1.83. The first-order valence-corrected chi connectivity index (χ1v) is 6.52. The number of nitrogens with two attached hydrogens (primary N) is 1. The van der Waals surface area contributed by atoms with Crippen LogP contribution in [0.1, 0.15) is 12.0 Å². The molecule has 0 unspecified atom stereocenters. The molecular formula is C15H14ClFN2O. The van der Waals surface area contributed by atoms with E-state index in [-0.39, 0.29) is 23.0 Å². The van der Waals surface area contributed by atoms with Crippen LogP contribution >= 0.6 is 11.6 Å². The summed E-state index contributed by atoms with van der Waals surface area (Å²) in [5, 5.41) is 2.67. The van der Waals surface area contributed by atoms with Gasteiger partial charge in [-0.05, 0) is 36.2 Å². The number of carbonyl (C=O) groups excluding carboxylic acids is 1. The normalized spacial score (nSPS) is 10.3. The lowest BCUT2D eigenvalue weighted by molar-refractivity contribution is -0.116. The van der Waals surface area contributed by atoms with Crippen LogP contribution in [0.5, 0.6) is 0 Å². The molecule has 0 atom stereocenters. The van der Waals surface area contributed by atoms with Gasteiger partial charge in [0.2, 0.25) is 5.91 Å². The van der Waals surface area contributed by atoms with E-state index in [9.17, 15) is 9.18 Å². The van der Waals surface area contributed by atoms with Gasteiger partial charge in [0.15, 0.2) is 0 Å².